The number of nitrogens with one attached hydrogen (secondary N) is 1. The van der Waals surface area contributed by atoms with Gasteiger partial charge >= 0.3 is 0 Å². The van der Waals surface area contributed by atoms with Crippen molar-refractivity contribution in [3.63, 3.8) is 0 Å². The molecule has 3 rings (SSSR count). The summed E-state index contributed by atoms with van der Waals surface area (Å²) < 4.78 is 1.80. The molecule has 0 saturated carbocycles. The number of hydrogen-bond donors (Lipinski definition) is 1. The summed E-state index contributed by atoms with van der Waals surface area (Å²) in [6.07, 6.45) is 3.90. The minimum Gasteiger partial charge on any atom is -0.339 e. The van der Waals surface area contributed by atoms with Crippen LogP contribution in [0.15, 0.2) is 30.6 Å². The van der Waals surface area contributed by atoms with Gasteiger partial charge in [-0.3, -0.25) is 9.48 Å². The fraction of sp³-hybridized carbons (Fsp3) is 0.500. The third-order valence-electron chi connectivity index (χ3n) is 5.49. The molecule has 0 bridgehead atoms. The first-order valence-corrected chi connectivity index (χ1v) is 8.91. The van der Waals surface area contributed by atoms with E-state index >= 15 is 0 Å². The van der Waals surface area contributed by atoms with Crippen LogP contribution in [-0.2, 0) is 11.8 Å². The van der Waals surface area contributed by atoms with Crippen molar-refractivity contribution in [1.82, 2.24) is 20.0 Å². The molecule has 1 aliphatic heterocycles. The lowest BCUT2D eigenvalue weighted by atomic mass is 9.89. The zero-order valence-electron chi connectivity index (χ0n) is 16.2. The molecule has 0 radical (unpaired) electrons. The van der Waals surface area contributed by atoms with Crippen molar-refractivity contribution in [3.05, 3.63) is 52.8 Å². The fourth-order valence-electron chi connectivity index (χ4n) is 3.88. The standard InChI is InChI=1S/C20H28N4O.ClH/c1-13-6-7-17(14(2)8-13)15(3)24(5)20(25)19-11-21-10-18(19)16-9-22-23(4)12-16;/h6-9,12,15,18-19,21H,10-11H2,1-5H3;1H/t15?,18-,19+;/m1./s1. The van der Waals surface area contributed by atoms with E-state index in [-0.39, 0.29) is 36.2 Å². The van der Waals surface area contributed by atoms with E-state index in [9.17, 15) is 4.79 Å². The van der Waals surface area contributed by atoms with Gasteiger partial charge in [0.25, 0.3) is 0 Å². The molecule has 0 aliphatic carbocycles. The fourth-order valence-corrected chi connectivity index (χ4v) is 3.88. The third kappa shape index (κ3) is 3.94. The minimum absolute atomic E-state index is 0. The molecular formula is C20H29ClN4O. The highest BCUT2D eigenvalue weighted by atomic mass is 35.5. The SMILES string of the molecule is Cc1ccc(C(C)N(C)C(=O)[C@H]2CNC[C@@H]2c2cnn(C)c2)c(C)c1.Cl. The number of rotatable bonds is 4. The smallest absolute Gasteiger partial charge is 0.227 e. The van der Waals surface area contributed by atoms with Crippen LogP contribution in [-0.4, -0.2) is 40.7 Å². The van der Waals surface area contributed by atoms with E-state index in [2.05, 4.69) is 49.4 Å². The molecule has 5 nitrogen and oxygen atoms in total. The molecule has 1 aromatic carbocycles. The molecule has 6 heteroatoms. The molecule has 1 unspecified atom stereocenters. The molecule has 26 heavy (non-hydrogen) atoms. The van der Waals surface area contributed by atoms with Crippen LogP contribution in [0.3, 0.4) is 0 Å². The summed E-state index contributed by atoms with van der Waals surface area (Å²) in [5.41, 5.74) is 4.84. The Morgan fingerprint density at radius 1 is 1.35 bits per heavy atom. The van der Waals surface area contributed by atoms with Gasteiger partial charge in [-0.2, -0.15) is 5.10 Å². The van der Waals surface area contributed by atoms with Crippen molar-refractivity contribution in [2.45, 2.75) is 32.7 Å². The molecule has 2 heterocycles. The number of carbonyl (C=O) groups is 1. The quantitative estimate of drug-likeness (QED) is 0.892. The molecule has 2 aromatic rings. The first kappa shape index (κ1) is 20.5. The number of halogens is 1. The molecule has 1 saturated heterocycles. The molecular weight excluding hydrogens is 348 g/mol. The van der Waals surface area contributed by atoms with Gasteiger partial charge in [0.05, 0.1) is 18.2 Å². The monoisotopic (exact) mass is 376 g/mol. The predicted molar refractivity (Wildman–Crippen MR) is 107 cm³/mol. The van der Waals surface area contributed by atoms with Gasteiger partial charge in [-0.05, 0) is 37.5 Å². The Labute approximate surface area is 162 Å². The van der Waals surface area contributed by atoms with Crippen LogP contribution in [0, 0.1) is 19.8 Å². The maximum atomic E-state index is 13.2. The zero-order chi connectivity index (χ0) is 18.1. The van der Waals surface area contributed by atoms with Crippen molar-refractivity contribution >= 4 is 18.3 Å². The second-order valence-corrected chi connectivity index (χ2v) is 7.30. The van der Waals surface area contributed by atoms with E-state index in [1.807, 2.05) is 31.4 Å². The third-order valence-corrected chi connectivity index (χ3v) is 5.49. The summed E-state index contributed by atoms with van der Waals surface area (Å²) in [6, 6.07) is 6.50. The van der Waals surface area contributed by atoms with Crippen LogP contribution in [0.2, 0.25) is 0 Å². The van der Waals surface area contributed by atoms with Crippen LogP contribution < -0.4 is 5.32 Å². The Bertz CT molecular complexity index is 773. The Hall–Kier alpha value is -1.85. The van der Waals surface area contributed by atoms with E-state index in [1.165, 1.54) is 16.7 Å². The predicted octanol–water partition coefficient (Wildman–Crippen LogP) is 2.98. The molecule has 1 N–H and O–H groups in total. The van der Waals surface area contributed by atoms with Gasteiger partial charge in [0.1, 0.15) is 0 Å². The number of benzene rings is 1. The summed E-state index contributed by atoms with van der Waals surface area (Å²) in [7, 11) is 3.84. The van der Waals surface area contributed by atoms with Crippen molar-refractivity contribution in [2.75, 3.05) is 20.1 Å². The topological polar surface area (TPSA) is 50.2 Å². The van der Waals surface area contributed by atoms with Crippen molar-refractivity contribution in [1.29, 1.82) is 0 Å². The van der Waals surface area contributed by atoms with E-state index in [0.717, 1.165) is 18.7 Å². The summed E-state index contributed by atoms with van der Waals surface area (Å²) in [5, 5.41) is 7.65. The lowest BCUT2D eigenvalue weighted by Gasteiger charge is -2.30. The number of aryl methyl sites for hydroxylation is 3. The molecule has 1 fully saturated rings. The van der Waals surface area contributed by atoms with Gasteiger partial charge in [0, 0.05) is 39.3 Å². The Morgan fingerprint density at radius 3 is 2.69 bits per heavy atom. The van der Waals surface area contributed by atoms with Gasteiger partial charge in [0.2, 0.25) is 5.91 Å². The van der Waals surface area contributed by atoms with Gasteiger partial charge < -0.3 is 10.2 Å². The van der Waals surface area contributed by atoms with Crippen molar-refractivity contribution in [3.8, 4) is 0 Å². The molecule has 3 atom stereocenters. The second-order valence-electron chi connectivity index (χ2n) is 7.30. The summed E-state index contributed by atoms with van der Waals surface area (Å²) >= 11 is 0. The molecule has 142 valence electrons. The Morgan fingerprint density at radius 2 is 2.08 bits per heavy atom. The second kappa shape index (κ2) is 8.23. The molecule has 0 spiro atoms. The molecule has 1 amide bonds. The van der Waals surface area contributed by atoms with Gasteiger partial charge in [-0.1, -0.05) is 23.8 Å². The maximum absolute atomic E-state index is 13.2. The molecule has 1 aliphatic rings. The Balaban J connectivity index is 0.00000243. The van der Waals surface area contributed by atoms with Crippen LogP contribution in [0.4, 0.5) is 0 Å². The zero-order valence-corrected chi connectivity index (χ0v) is 17.0. The van der Waals surface area contributed by atoms with Crippen molar-refractivity contribution < 1.29 is 4.79 Å². The highest BCUT2D eigenvalue weighted by molar-refractivity contribution is 5.85. The number of carbonyl (C=O) groups excluding carboxylic acids is 1. The number of amides is 1. The average Bonchev–Trinajstić information content (AvgIpc) is 3.21. The number of hydrogen-bond acceptors (Lipinski definition) is 3. The van der Waals surface area contributed by atoms with Gasteiger partial charge in [-0.15, -0.1) is 12.4 Å². The summed E-state index contributed by atoms with van der Waals surface area (Å²) in [4.78, 5) is 15.1. The summed E-state index contributed by atoms with van der Waals surface area (Å²) in [5.74, 6) is 0.351. The number of nitrogens with zero attached hydrogens (tertiary/aromatic N) is 3. The molecule has 1 aromatic heterocycles. The van der Waals surface area contributed by atoms with E-state index in [4.69, 9.17) is 0 Å². The maximum Gasteiger partial charge on any atom is 0.227 e. The van der Waals surface area contributed by atoms with Gasteiger partial charge in [0.15, 0.2) is 0 Å². The highest BCUT2D eigenvalue weighted by Gasteiger charge is 2.37. The van der Waals surface area contributed by atoms with Crippen LogP contribution in [0.25, 0.3) is 0 Å². The minimum atomic E-state index is -0.0394. The number of aromatic nitrogens is 2. The average molecular weight is 377 g/mol. The van der Waals surface area contributed by atoms with Crippen LogP contribution in [0.1, 0.15) is 41.1 Å². The van der Waals surface area contributed by atoms with E-state index in [1.54, 1.807) is 4.68 Å². The largest absolute Gasteiger partial charge is 0.339 e. The van der Waals surface area contributed by atoms with Crippen LogP contribution >= 0.6 is 12.4 Å². The van der Waals surface area contributed by atoms with Crippen molar-refractivity contribution in [2.24, 2.45) is 13.0 Å². The van der Waals surface area contributed by atoms with E-state index in [0.29, 0.717) is 0 Å². The first-order chi connectivity index (χ1) is 11.9. The van der Waals surface area contributed by atoms with Crippen LogP contribution in [0.5, 0.6) is 0 Å². The van der Waals surface area contributed by atoms with Gasteiger partial charge in [-0.25, -0.2) is 0 Å². The normalized spacial score (nSPS) is 20.5. The Kier molecular flexibility index (Phi) is 6.48. The lowest BCUT2D eigenvalue weighted by molar-refractivity contribution is -0.136. The summed E-state index contributed by atoms with van der Waals surface area (Å²) in [6.45, 7) is 7.87. The van der Waals surface area contributed by atoms with E-state index < -0.39 is 0 Å². The lowest BCUT2D eigenvalue weighted by Crippen LogP contribution is -2.37. The first-order valence-electron chi connectivity index (χ1n) is 8.91. The highest BCUT2D eigenvalue weighted by Crippen LogP contribution is 2.32.